The third-order valence-corrected chi connectivity index (χ3v) is 6.62. The van der Waals surface area contributed by atoms with Crippen LogP contribution in [0, 0.1) is 0 Å². The number of hydrogen-bond acceptors (Lipinski definition) is 5. The van der Waals surface area contributed by atoms with E-state index < -0.39 is 0 Å². The molecule has 0 atom stereocenters. The molecule has 1 amide bonds. The zero-order valence-electron chi connectivity index (χ0n) is 15.5. The van der Waals surface area contributed by atoms with Crippen molar-refractivity contribution < 1.29 is 15.0 Å². The van der Waals surface area contributed by atoms with Gasteiger partial charge in [-0.2, -0.15) is 0 Å². The third-order valence-electron chi connectivity index (χ3n) is 4.50. The van der Waals surface area contributed by atoms with Gasteiger partial charge in [0.25, 0.3) is 5.91 Å². The lowest BCUT2D eigenvalue weighted by Crippen LogP contribution is -2.24. The summed E-state index contributed by atoms with van der Waals surface area (Å²) in [6.45, 7) is 0.584. The van der Waals surface area contributed by atoms with Gasteiger partial charge in [0.05, 0.1) is 4.88 Å². The second-order valence-corrected chi connectivity index (χ2v) is 8.62. The van der Waals surface area contributed by atoms with Gasteiger partial charge in [0.2, 0.25) is 0 Å². The van der Waals surface area contributed by atoms with E-state index in [2.05, 4.69) is 11.4 Å². The van der Waals surface area contributed by atoms with Gasteiger partial charge in [0, 0.05) is 21.9 Å². The summed E-state index contributed by atoms with van der Waals surface area (Å²) in [5.41, 5.74) is 2.76. The van der Waals surface area contributed by atoms with Gasteiger partial charge in [-0.05, 0) is 71.5 Å². The molecule has 0 saturated carbocycles. The van der Waals surface area contributed by atoms with Gasteiger partial charge >= 0.3 is 0 Å². The Morgan fingerprint density at radius 3 is 2.17 bits per heavy atom. The maximum Gasteiger partial charge on any atom is 0.261 e. The first-order valence-corrected chi connectivity index (χ1v) is 10.8. The van der Waals surface area contributed by atoms with Crippen molar-refractivity contribution in [3.05, 3.63) is 81.9 Å². The summed E-state index contributed by atoms with van der Waals surface area (Å²) in [6, 6.07) is 19.8. The van der Waals surface area contributed by atoms with Crippen molar-refractivity contribution in [2.24, 2.45) is 0 Å². The Labute approximate surface area is 176 Å². The average Bonchev–Trinajstić information content (AvgIpc) is 3.39. The number of nitrogens with one attached hydrogen (secondary N) is 1. The number of carbonyl (C=O) groups excluding carboxylic acids is 1. The van der Waals surface area contributed by atoms with Gasteiger partial charge in [-0.15, -0.1) is 22.7 Å². The first kappa shape index (κ1) is 19.2. The van der Waals surface area contributed by atoms with E-state index in [-0.39, 0.29) is 17.4 Å². The minimum atomic E-state index is -0.100. The number of benzene rings is 2. The van der Waals surface area contributed by atoms with Crippen molar-refractivity contribution in [3.63, 3.8) is 0 Å². The maximum absolute atomic E-state index is 12.7. The quantitative estimate of drug-likeness (QED) is 0.383. The van der Waals surface area contributed by atoms with Crippen molar-refractivity contribution >= 4 is 28.6 Å². The van der Waals surface area contributed by atoms with Crippen LogP contribution in [-0.2, 0) is 6.42 Å². The molecule has 2 aromatic heterocycles. The van der Waals surface area contributed by atoms with Crippen molar-refractivity contribution in [3.8, 4) is 33.1 Å². The number of aromatic hydroxyl groups is 2. The second-order valence-electron chi connectivity index (χ2n) is 6.53. The SMILES string of the molecule is O=C(NCCc1cccs1)c1cc(-c2ccc(O)cc2)c(-c2ccc(O)cc2)s1. The van der Waals surface area contributed by atoms with E-state index >= 15 is 0 Å². The molecule has 0 aliphatic carbocycles. The molecule has 2 aromatic carbocycles. The van der Waals surface area contributed by atoms with Gasteiger partial charge in [-0.3, -0.25) is 4.79 Å². The van der Waals surface area contributed by atoms with Gasteiger partial charge in [0.1, 0.15) is 11.5 Å². The zero-order valence-corrected chi connectivity index (χ0v) is 17.1. The molecule has 2 heterocycles. The standard InChI is InChI=1S/C23H19NO3S2/c25-17-7-3-15(4-8-17)20-14-21(23(27)24-12-11-19-2-1-13-28-19)29-22(20)16-5-9-18(26)10-6-16/h1-10,13-14,25-26H,11-12H2,(H,24,27). The highest BCUT2D eigenvalue weighted by Gasteiger charge is 2.17. The molecular formula is C23H19NO3S2. The molecule has 4 rings (SSSR count). The summed E-state index contributed by atoms with van der Waals surface area (Å²) in [6.07, 6.45) is 0.810. The summed E-state index contributed by atoms with van der Waals surface area (Å²) >= 11 is 3.10. The fourth-order valence-electron chi connectivity index (χ4n) is 3.03. The molecule has 4 nitrogen and oxygen atoms in total. The topological polar surface area (TPSA) is 69.6 Å². The monoisotopic (exact) mass is 421 g/mol. The van der Waals surface area contributed by atoms with E-state index in [9.17, 15) is 15.0 Å². The van der Waals surface area contributed by atoms with E-state index in [0.29, 0.717) is 11.4 Å². The maximum atomic E-state index is 12.7. The fraction of sp³-hybridized carbons (Fsp3) is 0.0870. The number of rotatable bonds is 6. The number of amides is 1. The third kappa shape index (κ3) is 4.50. The van der Waals surface area contributed by atoms with Gasteiger partial charge < -0.3 is 15.5 Å². The van der Waals surface area contributed by atoms with Crippen LogP contribution in [0.4, 0.5) is 0 Å². The van der Waals surface area contributed by atoms with Crippen molar-refractivity contribution in [1.29, 1.82) is 0 Å². The molecule has 3 N–H and O–H groups in total. The van der Waals surface area contributed by atoms with Crippen LogP contribution in [0.25, 0.3) is 21.6 Å². The van der Waals surface area contributed by atoms with E-state index in [4.69, 9.17) is 0 Å². The summed E-state index contributed by atoms with van der Waals surface area (Å²) in [7, 11) is 0. The molecule has 0 bridgehead atoms. The molecule has 0 radical (unpaired) electrons. The Morgan fingerprint density at radius 2 is 1.55 bits per heavy atom. The van der Waals surface area contributed by atoms with Gasteiger partial charge in [-0.1, -0.05) is 18.2 Å². The summed E-state index contributed by atoms with van der Waals surface area (Å²) in [4.78, 5) is 15.5. The average molecular weight is 422 g/mol. The molecule has 0 spiro atoms. The van der Waals surface area contributed by atoms with Gasteiger partial charge in [0.15, 0.2) is 0 Å². The molecule has 0 aliphatic heterocycles. The first-order chi connectivity index (χ1) is 14.1. The Balaban J connectivity index is 1.62. The lowest BCUT2D eigenvalue weighted by atomic mass is 10.0. The second kappa shape index (κ2) is 8.51. The molecule has 0 saturated heterocycles. The van der Waals surface area contributed by atoms with Crippen LogP contribution in [0.3, 0.4) is 0 Å². The van der Waals surface area contributed by atoms with Crippen LogP contribution in [0.5, 0.6) is 11.5 Å². The van der Waals surface area contributed by atoms with Crippen LogP contribution < -0.4 is 5.32 Å². The predicted molar refractivity (Wildman–Crippen MR) is 119 cm³/mol. The van der Waals surface area contributed by atoms with E-state index in [0.717, 1.165) is 28.0 Å². The highest BCUT2D eigenvalue weighted by Crippen LogP contribution is 2.40. The lowest BCUT2D eigenvalue weighted by Gasteiger charge is -2.05. The normalized spacial score (nSPS) is 10.8. The Kier molecular flexibility index (Phi) is 5.64. The van der Waals surface area contributed by atoms with E-state index in [1.807, 2.05) is 41.8 Å². The lowest BCUT2D eigenvalue weighted by molar-refractivity contribution is 0.0958. The predicted octanol–water partition coefficient (Wildman–Crippen LogP) is 5.53. The number of phenols is 2. The minimum absolute atomic E-state index is 0.100. The van der Waals surface area contributed by atoms with E-state index in [1.54, 1.807) is 35.6 Å². The van der Waals surface area contributed by atoms with Crippen LogP contribution in [0.1, 0.15) is 14.5 Å². The number of hydrogen-bond donors (Lipinski definition) is 3. The molecule has 4 aromatic rings. The van der Waals surface area contributed by atoms with Crippen molar-refractivity contribution in [2.45, 2.75) is 6.42 Å². The molecule has 0 unspecified atom stereocenters. The summed E-state index contributed by atoms with van der Waals surface area (Å²) in [5, 5.41) is 24.2. The van der Waals surface area contributed by atoms with Crippen LogP contribution in [0.2, 0.25) is 0 Å². The van der Waals surface area contributed by atoms with Gasteiger partial charge in [-0.25, -0.2) is 0 Å². The largest absolute Gasteiger partial charge is 0.508 e. The number of thiophene rings is 2. The van der Waals surface area contributed by atoms with Crippen molar-refractivity contribution in [2.75, 3.05) is 6.54 Å². The number of phenolic OH excluding ortho intramolecular Hbond substituents is 2. The molecule has 29 heavy (non-hydrogen) atoms. The smallest absolute Gasteiger partial charge is 0.261 e. The highest BCUT2D eigenvalue weighted by molar-refractivity contribution is 7.18. The van der Waals surface area contributed by atoms with Crippen LogP contribution >= 0.6 is 22.7 Å². The van der Waals surface area contributed by atoms with Crippen LogP contribution in [-0.4, -0.2) is 22.7 Å². The Bertz CT molecular complexity index is 1040. The Hall–Kier alpha value is -3.09. The molecule has 0 aliphatic rings. The van der Waals surface area contributed by atoms with Crippen LogP contribution in [0.15, 0.2) is 72.1 Å². The minimum Gasteiger partial charge on any atom is -0.508 e. The Morgan fingerprint density at radius 1 is 0.897 bits per heavy atom. The van der Waals surface area contributed by atoms with Crippen molar-refractivity contribution in [1.82, 2.24) is 5.32 Å². The highest BCUT2D eigenvalue weighted by atomic mass is 32.1. The molecule has 0 fully saturated rings. The number of carbonyl (C=O) groups is 1. The molecular weight excluding hydrogens is 402 g/mol. The van der Waals surface area contributed by atoms with E-state index in [1.165, 1.54) is 16.2 Å². The fourth-order valence-corrected chi connectivity index (χ4v) is 4.84. The molecule has 6 heteroatoms. The first-order valence-electron chi connectivity index (χ1n) is 9.13. The summed E-state index contributed by atoms with van der Waals surface area (Å²) < 4.78 is 0. The summed E-state index contributed by atoms with van der Waals surface area (Å²) in [5.74, 6) is 0.293. The molecule has 146 valence electrons. The zero-order chi connectivity index (χ0) is 20.2.